The minimum absolute atomic E-state index is 0.0156. The van der Waals surface area contributed by atoms with E-state index in [4.69, 9.17) is 4.74 Å². The molecule has 0 aromatic carbocycles. The molecule has 7 nitrogen and oxygen atoms in total. The van der Waals surface area contributed by atoms with Crippen molar-refractivity contribution in [1.82, 2.24) is 5.32 Å². The molecule has 1 amide bonds. The Labute approximate surface area is 93.7 Å². The molecule has 0 spiro atoms. The summed E-state index contributed by atoms with van der Waals surface area (Å²) in [7, 11) is -1.97. The average Bonchev–Trinajstić information content (AvgIpc) is 2.20. The first-order chi connectivity index (χ1) is 7.31. The molecule has 1 fully saturated rings. The lowest BCUT2D eigenvalue weighted by Gasteiger charge is -2.29. The lowest BCUT2D eigenvalue weighted by atomic mass is 10.2. The highest BCUT2D eigenvalue weighted by atomic mass is 32.2. The summed E-state index contributed by atoms with van der Waals surface area (Å²) in [5.74, 6) is -0.179. The largest absolute Gasteiger partial charge is 0.476 e. The number of nitrogens with one attached hydrogen (secondary N) is 1. The van der Waals surface area contributed by atoms with Gasteiger partial charge in [-0.05, 0) is 19.0 Å². The van der Waals surface area contributed by atoms with Crippen LogP contribution >= 0.6 is 0 Å². The van der Waals surface area contributed by atoms with Crippen LogP contribution in [0.2, 0.25) is 0 Å². The van der Waals surface area contributed by atoms with Crippen LogP contribution in [0.4, 0.5) is 4.79 Å². The van der Waals surface area contributed by atoms with Crippen LogP contribution < -0.4 is 5.32 Å². The molecule has 1 aliphatic rings. The Morgan fingerprint density at radius 2 is 2.19 bits per heavy atom. The highest BCUT2D eigenvalue weighted by Crippen LogP contribution is 2.24. The van der Waals surface area contributed by atoms with E-state index in [1.54, 1.807) is 0 Å². The molecular formula is C8H14N2O5S. The Kier molecular flexibility index (Phi) is 3.41. The molecular weight excluding hydrogens is 236 g/mol. The van der Waals surface area contributed by atoms with Gasteiger partial charge in [0.05, 0.1) is 5.75 Å². The van der Waals surface area contributed by atoms with Crippen LogP contribution in [0.25, 0.3) is 0 Å². The summed E-state index contributed by atoms with van der Waals surface area (Å²) in [5.41, 5.74) is 0. The molecule has 8 heteroatoms. The van der Waals surface area contributed by atoms with Crippen molar-refractivity contribution in [2.45, 2.75) is 18.6 Å². The fourth-order valence-corrected chi connectivity index (χ4v) is 2.25. The van der Waals surface area contributed by atoms with Gasteiger partial charge in [-0.25, -0.2) is 13.2 Å². The summed E-state index contributed by atoms with van der Waals surface area (Å²) in [6.07, 6.45) is -0.783. The van der Waals surface area contributed by atoms with Gasteiger partial charge in [0.25, 0.3) is 0 Å². The molecule has 1 aliphatic heterocycles. The summed E-state index contributed by atoms with van der Waals surface area (Å²) in [6, 6.07) is 0. The Morgan fingerprint density at radius 3 is 2.75 bits per heavy atom. The van der Waals surface area contributed by atoms with Crippen molar-refractivity contribution in [3.63, 3.8) is 0 Å². The van der Waals surface area contributed by atoms with E-state index in [1.807, 2.05) is 0 Å². The van der Waals surface area contributed by atoms with Gasteiger partial charge < -0.3 is 10.1 Å². The van der Waals surface area contributed by atoms with Gasteiger partial charge in [0.2, 0.25) is 5.90 Å². The third-order valence-corrected chi connectivity index (χ3v) is 4.73. The molecule has 1 heterocycles. The molecule has 1 saturated heterocycles. The first kappa shape index (κ1) is 12.8. The summed E-state index contributed by atoms with van der Waals surface area (Å²) < 4.78 is 27.2. The fraction of sp³-hybridized carbons (Fsp3) is 0.750. The van der Waals surface area contributed by atoms with Gasteiger partial charge in [-0.15, -0.1) is 0 Å². The summed E-state index contributed by atoms with van der Waals surface area (Å²) in [5, 5.41) is 5.58. The van der Waals surface area contributed by atoms with Crippen LogP contribution in [0, 0.1) is 0 Å². The normalized spacial score (nSPS) is 24.6. The van der Waals surface area contributed by atoms with E-state index in [-0.39, 0.29) is 18.3 Å². The van der Waals surface area contributed by atoms with Crippen molar-refractivity contribution >= 4 is 21.8 Å². The van der Waals surface area contributed by atoms with Gasteiger partial charge in [0, 0.05) is 7.05 Å². The van der Waals surface area contributed by atoms with Gasteiger partial charge in [-0.2, -0.15) is 0 Å². The maximum Gasteiger partial charge on any atom is 0.433 e. The zero-order chi connectivity index (χ0) is 12.4. The van der Waals surface area contributed by atoms with E-state index >= 15 is 0 Å². The van der Waals surface area contributed by atoms with Gasteiger partial charge >= 0.3 is 6.09 Å². The third kappa shape index (κ3) is 2.26. The molecule has 0 unspecified atom stereocenters. The minimum atomic E-state index is -3.33. The highest BCUT2D eigenvalue weighted by Gasteiger charge is 2.45. The van der Waals surface area contributed by atoms with Crippen molar-refractivity contribution in [3.8, 4) is 0 Å². The van der Waals surface area contributed by atoms with E-state index in [1.165, 1.54) is 20.9 Å². The number of sulfone groups is 1. The lowest BCUT2D eigenvalue weighted by Crippen LogP contribution is -2.49. The Morgan fingerprint density at radius 1 is 1.56 bits per heavy atom. The van der Waals surface area contributed by atoms with Gasteiger partial charge in [-0.3, -0.25) is 4.84 Å². The van der Waals surface area contributed by atoms with Gasteiger partial charge in [-0.1, -0.05) is 0 Å². The van der Waals surface area contributed by atoms with Crippen molar-refractivity contribution in [3.05, 3.63) is 0 Å². The number of rotatable bonds is 1. The van der Waals surface area contributed by atoms with Gasteiger partial charge in [0.15, 0.2) is 9.84 Å². The van der Waals surface area contributed by atoms with Crippen LogP contribution in [0.15, 0.2) is 5.16 Å². The smallest absolute Gasteiger partial charge is 0.433 e. The number of carbonyl (C=O) groups excluding carboxylic acids is 1. The maximum atomic E-state index is 11.7. The minimum Gasteiger partial charge on any atom is -0.476 e. The molecule has 0 aromatic heterocycles. The highest BCUT2D eigenvalue weighted by molar-refractivity contribution is 7.93. The molecule has 0 atom stereocenters. The van der Waals surface area contributed by atoms with Crippen molar-refractivity contribution in [1.29, 1.82) is 0 Å². The number of amides is 1. The summed E-state index contributed by atoms with van der Waals surface area (Å²) >= 11 is 0. The Hall–Kier alpha value is -1.31. The first-order valence-electron chi connectivity index (χ1n) is 4.63. The van der Waals surface area contributed by atoms with E-state index in [0.717, 1.165) is 0 Å². The van der Waals surface area contributed by atoms with Crippen molar-refractivity contribution in [2.24, 2.45) is 5.16 Å². The molecule has 1 N–H and O–H groups in total. The molecule has 0 aliphatic carbocycles. The summed E-state index contributed by atoms with van der Waals surface area (Å²) in [6.45, 7) is 2.92. The maximum absolute atomic E-state index is 11.7. The van der Waals surface area contributed by atoms with Crippen LogP contribution in [0.3, 0.4) is 0 Å². The zero-order valence-electron chi connectivity index (χ0n) is 9.31. The monoisotopic (exact) mass is 250 g/mol. The van der Waals surface area contributed by atoms with Crippen molar-refractivity contribution in [2.75, 3.05) is 19.4 Å². The molecule has 1 rings (SSSR count). The predicted molar refractivity (Wildman–Crippen MR) is 56.8 cm³/mol. The fourth-order valence-electron chi connectivity index (χ4n) is 1.07. The number of nitrogens with zero attached hydrogens (tertiary/aromatic N) is 1. The van der Waals surface area contributed by atoms with E-state index in [9.17, 15) is 13.2 Å². The standard InChI is InChI=1S/C8H14N2O5S/c1-8(2)6(10-15-7(11)9-3)14-4-5-16(8,12)13/h4-5H2,1-3H3,(H,9,11). The van der Waals surface area contributed by atoms with Crippen LogP contribution in [-0.2, 0) is 19.4 Å². The van der Waals surface area contributed by atoms with Crippen LogP contribution in [-0.4, -0.2) is 44.6 Å². The average molecular weight is 250 g/mol. The SMILES string of the molecule is CNC(=O)ON=C1OCCS(=O)(=O)C1(C)C. The number of hydrogen-bond donors (Lipinski definition) is 1. The number of oxime groups is 1. The molecule has 92 valence electrons. The first-order valence-corrected chi connectivity index (χ1v) is 6.29. The predicted octanol–water partition coefficient (Wildman–Crippen LogP) is -0.121. The molecule has 0 aromatic rings. The van der Waals surface area contributed by atoms with Crippen molar-refractivity contribution < 1.29 is 22.8 Å². The number of ether oxygens (including phenoxy) is 1. The lowest BCUT2D eigenvalue weighted by molar-refractivity contribution is 0.145. The quantitative estimate of drug-likeness (QED) is 0.517. The van der Waals surface area contributed by atoms with E-state index in [2.05, 4.69) is 15.3 Å². The zero-order valence-corrected chi connectivity index (χ0v) is 10.1. The number of carbonyl (C=O) groups is 1. The summed E-state index contributed by atoms with van der Waals surface area (Å²) in [4.78, 5) is 15.2. The molecule has 0 radical (unpaired) electrons. The number of hydrogen-bond acceptors (Lipinski definition) is 6. The molecule has 0 bridgehead atoms. The topological polar surface area (TPSA) is 94.1 Å². The van der Waals surface area contributed by atoms with Crippen LogP contribution in [0.5, 0.6) is 0 Å². The second-order valence-corrected chi connectivity index (χ2v) is 6.36. The van der Waals surface area contributed by atoms with Crippen LogP contribution in [0.1, 0.15) is 13.8 Å². The Bertz CT molecular complexity index is 412. The second-order valence-electron chi connectivity index (χ2n) is 3.70. The van der Waals surface area contributed by atoms with E-state index in [0.29, 0.717) is 0 Å². The molecule has 0 saturated carbocycles. The third-order valence-electron chi connectivity index (χ3n) is 2.30. The van der Waals surface area contributed by atoms with Gasteiger partial charge in [0.1, 0.15) is 11.4 Å². The second kappa shape index (κ2) is 4.28. The molecule has 16 heavy (non-hydrogen) atoms. The Balaban J connectivity index is 2.92. The van der Waals surface area contributed by atoms with E-state index < -0.39 is 20.7 Å².